The molecule has 1 rings (SSSR count). The molecule has 0 spiro atoms. The molecule has 25 heavy (non-hydrogen) atoms. The van der Waals surface area contributed by atoms with Gasteiger partial charge in [0, 0.05) is 6.20 Å². The van der Waals surface area contributed by atoms with Gasteiger partial charge in [-0.25, -0.2) is 24.6 Å². The van der Waals surface area contributed by atoms with Crippen LogP contribution in [0.1, 0.15) is 51.9 Å². The molecule has 1 aromatic rings. The molecule has 0 aliphatic heterocycles. The van der Waals surface area contributed by atoms with Crippen LogP contribution in [0, 0.1) is 0 Å². The standard InChI is InChI=1S/C16H26N4O4S/c1-8-23-13(21)11-9-17-14(25-7)18-12(11)19-20(10(2)3)15(22)24-16(4,5)6/h9-10H,8H2,1-7H3,(H,17,18,19). The minimum Gasteiger partial charge on any atom is -0.462 e. The third-order valence-electron chi connectivity index (χ3n) is 2.78. The van der Waals surface area contributed by atoms with Crippen LogP contribution in [-0.4, -0.2) is 51.5 Å². The fourth-order valence-corrected chi connectivity index (χ4v) is 2.06. The molecule has 0 aliphatic carbocycles. The highest BCUT2D eigenvalue weighted by Crippen LogP contribution is 2.20. The Kier molecular flexibility index (Phi) is 7.47. The number of nitrogens with zero attached hydrogens (tertiary/aromatic N) is 3. The van der Waals surface area contributed by atoms with Crippen molar-refractivity contribution in [1.82, 2.24) is 15.0 Å². The predicted octanol–water partition coefficient (Wildman–Crippen LogP) is 3.35. The summed E-state index contributed by atoms with van der Waals surface area (Å²) in [6.45, 7) is 10.9. The first kappa shape index (κ1) is 21.0. The Morgan fingerprint density at radius 1 is 1.36 bits per heavy atom. The summed E-state index contributed by atoms with van der Waals surface area (Å²) in [6, 6.07) is -0.238. The maximum atomic E-state index is 12.4. The van der Waals surface area contributed by atoms with Gasteiger partial charge in [-0.05, 0) is 47.8 Å². The fourth-order valence-electron chi connectivity index (χ4n) is 1.72. The molecule has 0 bridgehead atoms. The number of ether oxygens (including phenoxy) is 2. The van der Waals surface area contributed by atoms with Crippen LogP contribution in [0.25, 0.3) is 0 Å². The van der Waals surface area contributed by atoms with E-state index >= 15 is 0 Å². The third-order valence-corrected chi connectivity index (χ3v) is 3.34. The number of hydrogen-bond acceptors (Lipinski definition) is 8. The quantitative estimate of drug-likeness (QED) is 0.353. The van der Waals surface area contributed by atoms with Crippen molar-refractivity contribution in [3.8, 4) is 0 Å². The molecule has 8 nitrogen and oxygen atoms in total. The van der Waals surface area contributed by atoms with Crippen LogP contribution in [0.4, 0.5) is 10.6 Å². The summed E-state index contributed by atoms with van der Waals surface area (Å²) < 4.78 is 10.4. The number of carbonyl (C=O) groups excluding carboxylic acids is 2. The normalized spacial score (nSPS) is 11.2. The van der Waals surface area contributed by atoms with Crippen molar-refractivity contribution in [2.45, 2.75) is 58.3 Å². The lowest BCUT2D eigenvalue weighted by atomic mass is 10.2. The van der Waals surface area contributed by atoms with E-state index in [1.165, 1.54) is 23.0 Å². The highest BCUT2D eigenvalue weighted by Gasteiger charge is 2.27. The van der Waals surface area contributed by atoms with Gasteiger partial charge < -0.3 is 9.47 Å². The molecule has 1 amide bonds. The largest absolute Gasteiger partial charge is 0.462 e. The van der Waals surface area contributed by atoms with E-state index < -0.39 is 17.7 Å². The zero-order chi connectivity index (χ0) is 19.2. The van der Waals surface area contributed by atoms with Gasteiger partial charge in [0.25, 0.3) is 0 Å². The lowest BCUT2D eigenvalue weighted by molar-refractivity contribution is 0.0243. The molecule has 0 aliphatic rings. The van der Waals surface area contributed by atoms with Gasteiger partial charge in [0.2, 0.25) is 0 Å². The molecule has 140 valence electrons. The Hall–Kier alpha value is -2.03. The zero-order valence-corrected chi connectivity index (χ0v) is 16.6. The second kappa shape index (κ2) is 8.89. The molecule has 0 saturated carbocycles. The highest BCUT2D eigenvalue weighted by atomic mass is 32.2. The number of anilines is 1. The molecule has 0 fully saturated rings. The van der Waals surface area contributed by atoms with Gasteiger partial charge in [-0.3, -0.25) is 5.43 Å². The predicted molar refractivity (Wildman–Crippen MR) is 96.6 cm³/mol. The van der Waals surface area contributed by atoms with Gasteiger partial charge in [-0.2, -0.15) is 0 Å². The zero-order valence-electron chi connectivity index (χ0n) is 15.7. The van der Waals surface area contributed by atoms with Gasteiger partial charge >= 0.3 is 12.1 Å². The molecule has 0 atom stereocenters. The molecule has 1 aromatic heterocycles. The number of thioether (sulfide) groups is 1. The Bertz CT molecular complexity index is 617. The molecule has 9 heteroatoms. The van der Waals surface area contributed by atoms with Crippen molar-refractivity contribution in [2.24, 2.45) is 0 Å². The van der Waals surface area contributed by atoms with Gasteiger partial charge in [0.1, 0.15) is 11.2 Å². The van der Waals surface area contributed by atoms with Crippen molar-refractivity contribution in [2.75, 3.05) is 18.3 Å². The molecule has 1 N–H and O–H groups in total. The first-order chi connectivity index (χ1) is 11.6. The smallest absolute Gasteiger partial charge is 0.429 e. The van der Waals surface area contributed by atoms with Crippen LogP contribution in [0.3, 0.4) is 0 Å². The second-order valence-electron chi connectivity index (χ2n) is 6.40. The minimum atomic E-state index is -0.647. The van der Waals surface area contributed by atoms with Crippen LogP contribution in [-0.2, 0) is 9.47 Å². The van der Waals surface area contributed by atoms with Crippen LogP contribution in [0.2, 0.25) is 0 Å². The van der Waals surface area contributed by atoms with Crippen molar-refractivity contribution in [1.29, 1.82) is 0 Å². The monoisotopic (exact) mass is 370 g/mol. The van der Waals surface area contributed by atoms with E-state index in [2.05, 4.69) is 15.4 Å². The summed E-state index contributed by atoms with van der Waals surface area (Å²) in [6.07, 6.45) is 2.63. The number of hydrogen-bond donors (Lipinski definition) is 1. The fraction of sp³-hybridized carbons (Fsp3) is 0.625. The summed E-state index contributed by atoms with van der Waals surface area (Å²) in [7, 11) is 0. The lowest BCUT2D eigenvalue weighted by Gasteiger charge is -2.30. The summed E-state index contributed by atoms with van der Waals surface area (Å²) >= 11 is 1.32. The Balaban J connectivity index is 3.18. The second-order valence-corrected chi connectivity index (χ2v) is 7.17. The number of amides is 1. The third kappa shape index (κ3) is 6.41. The molecule has 0 radical (unpaired) electrons. The Morgan fingerprint density at radius 2 is 2.00 bits per heavy atom. The van der Waals surface area contributed by atoms with E-state index in [4.69, 9.17) is 9.47 Å². The van der Waals surface area contributed by atoms with Gasteiger partial charge in [-0.1, -0.05) is 11.8 Å². The Labute approximate surface area is 152 Å². The van der Waals surface area contributed by atoms with Crippen LogP contribution in [0.5, 0.6) is 0 Å². The van der Waals surface area contributed by atoms with E-state index in [1.54, 1.807) is 27.7 Å². The molecule has 0 saturated heterocycles. The Morgan fingerprint density at radius 3 is 2.48 bits per heavy atom. The summed E-state index contributed by atoms with van der Waals surface area (Å²) in [5, 5.41) is 1.74. The average Bonchev–Trinajstić information content (AvgIpc) is 2.50. The molecular formula is C16H26N4O4S. The SMILES string of the molecule is CCOC(=O)c1cnc(SC)nc1NN(C(=O)OC(C)(C)C)C(C)C. The first-order valence-electron chi connectivity index (χ1n) is 7.96. The highest BCUT2D eigenvalue weighted by molar-refractivity contribution is 7.98. The summed E-state index contributed by atoms with van der Waals surface area (Å²) in [4.78, 5) is 33.0. The van der Waals surface area contributed by atoms with Gasteiger partial charge in [0.05, 0.1) is 12.6 Å². The van der Waals surface area contributed by atoms with E-state index in [0.717, 1.165) is 0 Å². The first-order valence-corrected chi connectivity index (χ1v) is 9.18. The van der Waals surface area contributed by atoms with E-state index in [9.17, 15) is 9.59 Å². The average molecular weight is 370 g/mol. The van der Waals surface area contributed by atoms with Crippen molar-refractivity contribution in [3.63, 3.8) is 0 Å². The number of aromatic nitrogens is 2. The maximum Gasteiger partial charge on any atom is 0.429 e. The number of hydrazine groups is 1. The summed E-state index contributed by atoms with van der Waals surface area (Å²) in [5.74, 6) is -0.372. The lowest BCUT2D eigenvalue weighted by Crippen LogP contribution is -2.45. The summed E-state index contributed by atoms with van der Waals surface area (Å²) in [5.41, 5.74) is 2.38. The number of esters is 1. The van der Waals surface area contributed by atoms with Crippen molar-refractivity contribution < 1.29 is 19.1 Å². The van der Waals surface area contributed by atoms with Gasteiger partial charge in [0.15, 0.2) is 11.0 Å². The molecular weight excluding hydrogens is 344 g/mol. The number of nitrogens with one attached hydrogen (secondary N) is 1. The van der Waals surface area contributed by atoms with Crippen LogP contribution < -0.4 is 5.43 Å². The number of carbonyl (C=O) groups is 2. The van der Waals surface area contributed by atoms with Gasteiger partial charge in [-0.15, -0.1) is 0 Å². The van der Waals surface area contributed by atoms with Crippen molar-refractivity contribution >= 4 is 29.6 Å². The molecule has 1 heterocycles. The van der Waals surface area contributed by atoms with Crippen molar-refractivity contribution in [3.05, 3.63) is 11.8 Å². The number of rotatable bonds is 6. The van der Waals surface area contributed by atoms with E-state index in [-0.39, 0.29) is 24.0 Å². The van der Waals surface area contributed by atoms with E-state index in [1.807, 2.05) is 20.1 Å². The molecule has 0 aromatic carbocycles. The minimum absolute atomic E-state index is 0.147. The maximum absolute atomic E-state index is 12.4. The van der Waals surface area contributed by atoms with E-state index in [0.29, 0.717) is 5.16 Å². The van der Waals surface area contributed by atoms with Crippen LogP contribution in [0.15, 0.2) is 11.4 Å². The van der Waals surface area contributed by atoms with Crippen LogP contribution >= 0.6 is 11.8 Å². The topological polar surface area (TPSA) is 93.6 Å². The molecule has 0 unspecified atom stereocenters.